The Morgan fingerprint density at radius 2 is 2.50 bits per heavy atom. The van der Waals surface area contributed by atoms with Crippen molar-refractivity contribution >= 4 is 5.65 Å². The van der Waals surface area contributed by atoms with E-state index in [1.54, 1.807) is 18.6 Å². The second-order valence-corrected chi connectivity index (χ2v) is 4.06. The van der Waals surface area contributed by atoms with Crippen LogP contribution in [0.1, 0.15) is 12.8 Å². The molecule has 0 amide bonds. The van der Waals surface area contributed by atoms with Crippen LogP contribution in [0.4, 0.5) is 0 Å². The fourth-order valence-corrected chi connectivity index (χ4v) is 2.12. The van der Waals surface area contributed by atoms with E-state index in [0.717, 1.165) is 13.0 Å². The summed E-state index contributed by atoms with van der Waals surface area (Å²) in [6.45, 7) is 1.68. The second-order valence-electron chi connectivity index (χ2n) is 4.06. The Labute approximate surface area is 91.9 Å². The molecule has 0 radical (unpaired) electrons. The normalized spacial score (nSPS) is 20.6. The van der Waals surface area contributed by atoms with E-state index in [0.29, 0.717) is 18.2 Å². The molecule has 6 nitrogen and oxygen atoms in total. The summed E-state index contributed by atoms with van der Waals surface area (Å²) in [6.07, 6.45) is 7.12. The molecule has 6 heteroatoms. The van der Waals surface area contributed by atoms with Crippen LogP contribution < -0.4 is 11.0 Å². The molecule has 0 saturated carbocycles. The molecule has 1 N–H and O–H groups in total. The van der Waals surface area contributed by atoms with E-state index >= 15 is 0 Å². The van der Waals surface area contributed by atoms with Gasteiger partial charge in [0.1, 0.15) is 0 Å². The molecule has 0 bridgehead atoms. The molecule has 3 rings (SSSR count). The molecular weight excluding hydrogens is 206 g/mol. The Hall–Kier alpha value is -1.69. The van der Waals surface area contributed by atoms with Gasteiger partial charge in [-0.3, -0.25) is 4.98 Å². The van der Waals surface area contributed by atoms with Gasteiger partial charge in [0.15, 0.2) is 5.65 Å². The molecule has 1 saturated heterocycles. The molecule has 1 unspecified atom stereocenters. The zero-order chi connectivity index (χ0) is 11.0. The van der Waals surface area contributed by atoms with Gasteiger partial charge in [0.25, 0.3) is 0 Å². The number of rotatable bonds is 2. The fourth-order valence-electron chi connectivity index (χ4n) is 2.12. The summed E-state index contributed by atoms with van der Waals surface area (Å²) in [4.78, 5) is 15.9. The minimum Gasteiger partial charge on any atom is -0.312 e. The lowest BCUT2D eigenvalue weighted by molar-refractivity contribution is 0.466. The number of fused-ring (bicyclic) bond motifs is 1. The van der Waals surface area contributed by atoms with E-state index in [4.69, 9.17) is 0 Å². The van der Waals surface area contributed by atoms with Crippen LogP contribution in [0.5, 0.6) is 0 Å². The summed E-state index contributed by atoms with van der Waals surface area (Å²) in [6, 6.07) is 0.371. The van der Waals surface area contributed by atoms with Gasteiger partial charge in [-0.2, -0.15) is 0 Å². The molecule has 1 aliphatic heterocycles. The van der Waals surface area contributed by atoms with Crippen LogP contribution in [0, 0.1) is 0 Å². The van der Waals surface area contributed by atoms with Crippen molar-refractivity contribution in [3.8, 4) is 0 Å². The van der Waals surface area contributed by atoms with Crippen molar-refractivity contribution in [1.82, 2.24) is 24.5 Å². The van der Waals surface area contributed by atoms with Crippen LogP contribution in [0.3, 0.4) is 0 Å². The van der Waals surface area contributed by atoms with Crippen LogP contribution in [0.25, 0.3) is 5.65 Å². The molecule has 0 aliphatic carbocycles. The average molecular weight is 219 g/mol. The van der Waals surface area contributed by atoms with E-state index in [1.807, 2.05) is 0 Å². The number of aromatic nitrogens is 4. The van der Waals surface area contributed by atoms with Gasteiger partial charge in [-0.05, 0) is 19.4 Å². The number of nitrogens with one attached hydrogen (secondary N) is 1. The van der Waals surface area contributed by atoms with E-state index in [1.165, 1.54) is 15.5 Å². The topological polar surface area (TPSA) is 64.2 Å². The Morgan fingerprint density at radius 1 is 1.56 bits per heavy atom. The van der Waals surface area contributed by atoms with Crippen LogP contribution in [-0.2, 0) is 6.54 Å². The first-order chi connectivity index (χ1) is 7.84. The largest absolute Gasteiger partial charge is 0.350 e. The van der Waals surface area contributed by atoms with Crippen molar-refractivity contribution in [2.75, 3.05) is 6.54 Å². The Balaban J connectivity index is 1.97. The molecular formula is C10H13N5O. The van der Waals surface area contributed by atoms with Gasteiger partial charge in [0, 0.05) is 18.4 Å². The van der Waals surface area contributed by atoms with Gasteiger partial charge in [0.2, 0.25) is 0 Å². The molecule has 1 atom stereocenters. The molecule has 0 aromatic carbocycles. The Morgan fingerprint density at radius 3 is 3.25 bits per heavy atom. The van der Waals surface area contributed by atoms with Gasteiger partial charge < -0.3 is 5.32 Å². The lowest BCUT2D eigenvalue weighted by Gasteiger charge is -2.07. The van der Waals surface area contributed by atoms with Crippen molar-refractivity contribution in [2.45, 2.75) is 25.4 Å². The van der Waals surface area contributed by atoms with Crippen molar-refractivity contribution in [3.63, 3.8) is 0 Å². The molecule has 84 valence electrons. The SMILES string of the molecule is O=c1n(CC2CCCN2)nc2cnccn12. The zero-order valence-corrected chi connectivity index (χ0v) is 8.83. The second kappa shape index (κ2) is 3.71. The Bertz CT molecular complexity index is 552. The molecule has 2 aromatic heterocycles. The summed E-state index contributed by atoms with van der Waals surface area (Å²) in [5, 5.41) is 7.59. The zero-order valence-electron chi connectivity index (χ0n) is 8.83. The fraction of sp³-hybridized carbons (Fsp3) is 0.500. The summed E-state index contributed by atoms with van der Waals surface area (Å²) < 4.78 is 3.03. The van der Waals surface area contributed by atoms with Gasteiger partial charge in [-0.25, -0.2) is 13.9 Å². The number of nitrogens with zero attached hydrogens (tertiary/aromatic N) is 4. The van der Waals surface area contributed by atoms with Crippen LogP contribution >= 0.6 is 0 Å². The smallest absolute Gasteiger partial charge is 0.312 e. The molecule has 0 spiro atoms. The van der Waals surface area contributed by atoms with Crippen molar-refractivity contribution < 1.29 is 0 Å². The van der Waals surface area contributed by atoms with Gasteiger partial charge in [-0.15, -0.1) is 5.10 Å². The number of hydrogen-bond acceptors (Lipinski definition) is 4. The highest BCUT2D eigenvalue weighted by Gasteiger charge is 2.17. The highest BCUT2D eigenvalue weighted by Crippen LogP contribution is 2.06. The first-order valence-corrected chi connectivity index (χ1v) is 5.47. The van der Waals surface area contributed by atoms with E-state index in [2.05, 4.69) is 15.4 Å². The maximum atomic E-state index is 11.9. The third-order valence-corrected chi connectivity index (χ3v) is 2.94. The standard InChI is InChI=1S/C10H13N5O/c16-10-14-5-4-11-6-9(14)13-15(10)7-8-2-1-3-12-8/h4-6,8,12H,1-3,7H2. The highest BCUT2D eigenvalue weighted by molar-refractivity contribution is 5.31. The third-order valence-electron chi connectivity index (χ3n) is 2.94. The molecule has 3 heterocycles. The van der Waals surface area contributed by atoms with Crippen LogP contribution in [0.15, 0.2) is 23.4 Å². The quantitative estimate of drug-likeness (QED) is 0.749. The molecule has 16 heavy (non-hydrogen) atoms. The van der Waals surface area contributed by atoms with Gasteiger partial charge in [0.05, 0.1) is 12.7 Å². The first kappa shape index (κ1) is 9.53. The van der Waals surface area contributed by atoms with Gasteiger partial charge in [-0.1, -0.05) is 0 Å². The first-order valence-electron chi connectivity index (χ1n) is 5.47. The highest BCUT2D eigenvalue weighted by atomic mass is 16.2. The Kier molecular flexibility index (Phi) is 2.21. The van der Waals surface area contributed by atoms with E-state index in [-0.39, 0.29) is 5.69 Å². The predicted octanol–water partition coefficient (Wildman–Crippen LogP) is -0.357. The molecule has 1 fully saturated rings. The minimum absolute atomic E-state index is 0.0916. The summed E-state index contributed by atoms with van der Waals surface area (Å²) in [7, 11) is 0. The van der Waals surface area contributed by atoms with Gasteiger partial charge >= 0.3 is 5.69 Å². The maximum absolute atomic E-state index is 11.9. The van der Waals surface area contributed by atoms with E-state index < -0.39 is 0 Å². The lowest BCUT2D eigenvalue weighted by Crippen LogP contribution is -2.32. The predicted molar refractivity (Wildman–Crippen MR) is 58.3 cm³/mol. The summed E-state index contributed by atoms with van der Waals surface area (Å²) >= 11 is 0. The van der Waals surface area contributed by atoms with Crippen molar-refractivity contribution in [1.29, 1.82) is 0 Å². The number of hydrogen-bond donors (Lipinski definition) is 1. The molecule has 2 aromatic rings. The van der Waals surface area contributed by atoms with Crippen LogP contribution in [0.2, 0.25) is 0 Å². The monoisotopic (exact) mass is 219 g/mol. The molecule has 1 aliphatic rings. The minimum atomic E-state index is -0.0916. The van der Waals surface area contributed by atoms with Crippen molar-refractivity contribution in [3.05, 3.63) is 29.1 Å². The van der Waals surface area contributed by atoms with Crippen LogP contribution in [-0.4, -0.2) is 31.8 Å². The lowest BCUT2D eigenvalue weighted by atomic mass is 10.2. The van der Waals surface area contributed by atoms with E-state index in [9.17, 15) is 4.79 Å². The maximum Gasteiger partial charge on any atom is 0.350 e. The summed E-state index contributed by atoms with van der Waals surface area (Å²) in [5.74, 6) is 0. The third kappa shape index (κ3) is 1.51. The average Bonchev–Trinajstić information content (AvgIpc) is 2.90. The summed E-state index contributed by atoms with van der Waals surface area (Å²) in [5.41, 5.74) is 0.511. The van der Waals surface area contributed by atoms with Crippen molar-refractivity contribution in [2.24, 2.45) is 0 Å².